The summed E-state index contributed by atoms with van der Waals surface area (Å²) in [6, 6.07) is 46.0. The third-order valence-corrected chi connectivity index (χ3v) is 11.4. The Morgan fingerprint density at radius 2 is 1.21 bits per heavy atom. The highest BCUT2D eigenvalue weighted by Gasteiger charge is 2.35. The van der Waals surface area contributed by atoms with E-state index in [1.807, 2.05) is 12.1 Å². The Kier molecular flexibility index (Phi) is 9.28. The molecule has 1 aliphatic rings. The summed E-state index contributed by atoms with van der Waals surface area (Å²) in [5, 5.41) is 1.60. The molecule has 3 heteroatoms. The van der Waals surface area contributed by atoms with Crippen molar-refractivity contribution < 1.29 is 0 Å². The van der Waals surface area contributed by atoms with E-state index in [4.69, 9.17) is 21.6 Å². The van der Waals surface area contributed by atoms with Crippen LogP contribution in [0.5, 0.6) is 0 Å². The van der Waals surface area contributed by atoms with Gasteiger partial charge in [0.15, 0.2) is 5.82 Å². The van der Waals surface area contributed by atoms with Gasteiger partial charge in [-0.15, -0.1) is 0 Å². The van der Waals surface area contributed by atoms with E-state index in [9.17, 15) is 0 Å². The molecule has 2 nitrogen and oxygen atoms in total. The fourth-order valence-corrected chi connectivity index (χ4v) is 8.56. The lowest BCUT2D eigenvalue weighted by Gasteiger charge is -2.22. The summed E-state index contributed by atoms with van der Waals surface area (Å²) in [6.07, 6.45) is 7.29. The number of nitrogens with zero attached hydrogens (tertiary/aromatic N) is 2. The molecule has 0 aliphatic heterocycles. The Balaban J connectivity index is 1.08. The Labute approximate surface area is 313 Å². The normalized spacial score (nSPS) is 12.9. The first-order valence-corrected chi connectivity index (χ1v) is 19.1. The number of benzene rings is 6. The lowest BCUT2D eigenvalue weighted by molar-refractivity contribution is 0.640. The summed E-state index contributed by atoms with van der Waals surface area (Å²) in [6.45, 7) is 9.03. The Hall–Kier alpha value is -5.05. The highest BCUT2D eigenvalue weighted by molar-refractivity contribution is 6.35. The first kappa shape index (κ1) is 34.1. The molecule has 0 bridgehead atoms. The summed E-state index contributed by atoms with van der Waals surface area (Å²) in [5.74, 6) is 0.695. The average molecular weight is 697 g/mol. The number of halogens is 1. The van der Waals surface area contributed by atoms with Crippen LogP contribution in [0, 0.1) is 13.8 Å². The average Bonchev–Trinajstić information content (AvgIpc) is 3.39. The van der Waals surface area contributed by atoms with E-state index in [2.05, 4.69) is 143 Å². The number of rotatable bonds is 10. The van der Waals surface area contributed by atoms with E-state index in [-0.39, 0.29) is 5.41 Å². The van der Waals surface area contributed by atoms with E-state index < -0.39 is 0 Å². The van der Waals surface area contributed by atoms with Gasteiger partial charge in [0.05, 0.1) is 16.2 Å². The van der Waals surface area contributed by atoms with Gasteiger partial charge in [-0.05, 0) is 107 Å². The van der Waals surface area contributed by atoms with Crippen molar-refractivity contribution in [2.75, 3.05) is 0 Å². The summed E-state index contributed by atoms with van der Waals surface area (Å²) >= 11 is 6.87. The van der Waals surface area contributed by atoms with Gasteiger partial charge in [-0.3, -0.25) is 0 Å². The first-order chi connectivity index (χ1) is 25.3. The molecule has 0 atom stereocenters. The Bertz CT molecular complexity index is 2400. The van der Waals surface area contributed by atoms with E-state index in [1.54, 1.807) is 0 Å². The summed E-state index contributed by atoms with van der Waals surface area (Å²) in [5.41, 5.74) is 16.7. The summed E-state index contributed by atoms with van der Waals surface area (Å²) < 4.78 is 0. The molecular formula is C49H45ClN2. The van der Waals surface area contributed by atoms with Crippen molar-refractivity contribution in [2.24, 2.45) is 0 Å². The van der Waals surface area contributed by atoms with Crippen LogP contribution in [0.25, 0.3) is 55.8 Å². The zero-order chi connectivity index (χ0) is 35.8. The van der Waals surface area contributed by atoms with E-state index in [0.29, 0.717) is 10.8 Å². The largest absolute Gasteiger partial charge is 0.227 e. The van der Waals surface area contributed by atoms with Gasteiger partial charge < -0.3 is 0 Å². The van der Waals surface area contributed by atoms with Gasteiger partial charge in [-0.2, -0.15) is 0 Å². The smallest absolute Gasteiger partial charge is 0.160 e. The van der Waals surface area contributed by atoms with Gasteiger partial charge in [0.2, 0.25) is 0 Å². The van der Waals surface area contributed by atoms with Gasteiger partial charge in [0, 0.05) is 21.9 Å². The minimum atomic E-state index is -0.109. The number of aryl methyl sites for hydroxylation is 4. The maximum absolute atomic E-state index is 6.87. The number of para-hydroxylation sites is 1. The predicted molar refractivity (Wildman–Crippen MR) is 220 cm³/mol. The van der Waals surface area contributed by atoms with Gasteiger partial charge >= 0.3 is 0 Å². The summed E-state index contributed by atoms with van der Waals surface area (Å²) in [4.78, 5) is 10.4. The summed E-state index contributed by atoms with van der Waals surface area (Å²) in [7, 11) is 0. The van der Waals surface area contributed by atoms with Crippen LogP contribution in [-0.4, -0.2) is 9.97 Å². The second-order valence-corrected chi connectivity index (χ2v) is 15.5. The molecular weight excluding hydrogens is 652 g/mol. The maximum atomic E-state index is 6.87. The fourth-order valence-electron chi connectivity index (χ4n) is 8.35. The molecule has 1 aliphatic carbocycles. The quantitative estimate of drug-likeness (QED) is 0.133. The number of fused-ring (bicyclic) bond motifs is 4. The van der Waals surface area contributed by atoms with Crippen molar-refractivity contribution in [3.63, 3.8) is 0 Å². The number of aromatic nitrogens is 2. The Morgan fingerprint density at radius 3 is 2.00 bits per heavy atom. The number of hydrogen-bond donors (Lipinski definition) is 0. The van der Waals surface area contributed by atoms with Crippen LogP contribution < -0.4 is 0 Å². The fraction of sp³-hybridized carbons (Fsp3) is 0.224. The minimum Gasteiger partial charge on any atom is -0.227 e. The molecule has 0 saturated carbocycles. The van der Waals surface area contributed by atoms with E-state index >= 15 is 0 Å². The maximum Gasteiger partial charge on any atom is 0.160 e. The molecule has 0 N–H and O–H groups in total. The lowest BCUT2D eigenvalue weighted by Crippen LogP contribution is -2.15. The predicted octanol–water partition coefficient (Wildman–Crippen LogP) is 13.6. The van der Waals surface area contributed by atoms with Gasteiger partial charge in [0.25, 0.3) is 0 Å². The highest BCUT2D eigenvalue weighted by atomic mass is 35.5. The SMILES string of the molecule is Cc1cc(-c2cccc(CCCCCCc3ccccc3)c2)cc(C)c1-c1nc(-c2ccc3c(c2)C(C)(C)c2ccccc2-3)nc2c(Cl)cccc12. The molecule has 0 amide bonds. The van der Waals surface area contributed by atoms with Crippen LogP contribution in [0.1, 0.15) is 72.9 Å². The van der Waals surface area contributed by atoms with Crippen molar-refractivity contribution in [1.82, 2.24) is 9.97 Å². The highest BCUT2D eigenvalue weighted by Crippen LogP contribution is 2.49. The van der Waals surface area contributed by atoms with Crippen LogP contribution in [0.4, 0.5) is 0 Å². The van der Waals surface area contributed by atoms with Crippen molar-refractivity contribution in [3.05, 3.63) is 166 Å². The van der Waals surface area contributed by atoms with E-state index in [0.717, 1.165) is 34.1 Å². The lowest BCUT2D eigenvalue weighted by atomic mass is 9.82. The third-order valence-electron chi connectivity index (χ3n) is 11.1. The molecule has 0 spiro atoms. The first-order valence-electron chi connectivity index (χ1n) is 18.7. The van der Waals surface area contributed by atoms with Gasteiger partial charge in [-0.1, -0.05) is 154 Å². The molecule has 52 heavy (non-hydrogen) atoms. The molecule has 0 unspecified atom stereocenters. The van der Waals surface area contributed by atoms with Crippen molar-refractivity contribution in [1.29, 1.82) is 0 Å². The van der Waals surface area contributed by atoms with Crippen LogP contribution >= 0.6 is 11.6 Å². The van der Waals surface area contributed by atoms with Crippen LogP contribution in [0.3, 0.4) is 0 Å². The molecule has 0 radical (unpaired) electrons. The molecule has 258 valence electrons. The van der Waals surface area contributed by atoms with Crippen LogP contribution in [-0.2, 0) is 18.3 Å². The van der Waals surface area contributed by atoms with Gasteiger partial charge in [0.1, 0.15) is 0 Å². The Morgan fingerprint density at radius 1 is 0.538 bits per heavy atom. The van der Waals surface area contributed by atoms with Crippen molar-refractivity contribution >= 4 is 22.5 Å². The third kappa shape index (κ3) is 6.46. The van der Waals surface area contributed by atoms with Crippen LogP contribution in [0.2, 0.25) is 5.02 Å². The van der Waals surface area contributed by atoms with Gasteiger partial charge in [-0.25, -0.2) is 9.97 Å². The number of hydrogen-bond acceptors (Lipinski definition) is 2. The molecule has 1 heterocycles. The molecule has 0 saturated heterocycles. The second kappa shape index (κ2) is 14.2. The topological polar surface area (TPSA) is 25.8 Å². The molecule has 8 rings (SSSR count). The second-order valence-electron chi connectivity index (χ2n) is 15.0. The van der Waals surface area contributed by atoms with E-state index in [1.165, 1.54) is 87.7 Å². The zero-order valence-electron chi connectivity index (χ0n) is 30.6. The molecule has 7 aromatic rings. The zero-order valence-corrected chi connectivity index (χ0v) is 31.4. The number of unbranched alkanes of at least 4 members (excludes halogenated alkanes) is 3. The minimum absolute atomic E-state index is 0.109. The standard InChI is InChI=1S/C49H45ClN2/c1-32-28-38(36-21-14-20-35(30-36)19-9-6-5-8-16-34-17-10-7-11-18-34)29-33(2)45(32)47-41-23-15-25-44(50)46(41)51-48(52-47)37-26-27-40-39-22-12-13-24-42(39)49(3,4)43(40)31-37/h7,10-15,17-18,20-31H,5-6,8-9,16,19H2,1-4H3. The monoisotopic (exact) mass is 696 g/mol. The molecule has 0 fully saturated rings. The molecule has 1 aromatic heterocycles. The molecule has 6 aromatic carbocycles. The van der Waals surface area contributed by atoms with Crippen molar-refractivity contribution in [3.8, 4) is 44.9 Å². The van der Waals surface area contributed by atoms with Crippen LogP contribution in [0.15, 0.2) is 127 Å². The van der Waals surface area contributed by atoms with Crippen molar-refractivity contribution in [2.45, 2.75) is 71.6 Å².